The number of hydrogen-bond acceptors (Lipinski definition) is 2. The molecule has 0 unspecified atom stereocenters. The Labute approximate surface area is 103 Å². The Morgan fingerprint density at radius 3 is 2.62 bits per heavy atom. The first-order chi connectivity index (χ1) is 7.53. The smallest absolute Gasteiger partial charge is 0.137 e. The molecule has 2 rings (SSSR count). The Morgan fingerprint density at radius 1 is 1.38 bits per heavy atom. The maximum Gasteiger partial charge on any atom is 0.137 e. The summed E-state index contributed by atoms with van der Waals surface area (Å²) in [6, 6.07) is 4.94. The lowest BCUT2D eigenvalue weighted by Crippen LogP contribution is -2.42. The van der Waals surface area contributed by atoms with Gasteiger partial charge >= 0.3 is 0 Å². The summed E-state index contributed by atoms with van der Waals surface area (Å²) in [6.07, 6.45) is 2.48. The molecule has 2 nitrogen and oxygen atoms in total. The van der Waals surface area contributed by atoms with Crippen molar-refractivity contribution in [3.05, 3.63) is 34.1 Å². The molecule has 0 atom stereocenters. The van der Waals surface area contributed by atoms with E-state index in [9.17, 15) is 9.50 Å². The average molecular weight is 288 g/mol. The lowest BCUT2D eigenvalue weighted by atomic mass is 9.76. The number of aliphatic hydroxyl groups is 1. The van der Waals surface area contributed by atoms with Gasteiger partial charge in [0.25, 0.3) is 0 Å². The second-order valence-electron chi connectivity index (χ2n) is 4.49. The van der Waals surface area contributed by atoms with Crippen LogP contribution in [0.25, 0.3) is 0 Å². The van der Waals surface area contributed by atoms with Crippen LogP contribution >= 0.6 is 15.9 Å². The topological polar surface area (TPSA) is 46.2 Å². The minimum absolute atomic E-state index is 0.260. The molecule has 0 heterocycles. The molecular weight excluding hydrogens is 273 g/mol. The van der Waals surface area contributed by atoms with E-state index in [2.05, 4.69) is 15.9 Å². The Hall–Kier alpha value is -0.450. The summed E-state index contributed by atoms with van der Waals surface area (Å²) in [5, 5.41) is 9.47. The summed E-state index contributed by atoms with van der Waals surface area (Å²) < 4.78 is 13.9. The number of rotatable bonds is 1. The maximum atomic E-state index is 13.4. The van der Waals surface area contributed by atoms with Gasteiger partial charge in [0.1, 0.15) is 5.82 Å². The first-order valence-electron chi connectivity index (χ1n) is 5.44. The molecule has 0 saturated heterocycles. The van der Waals surface area contributed by atoms with Gasteiger partial charge in [-0.3, -0.25) is 0 Å². The molecule has 4 heteroatoms. The van der Waals surface area contributed by atoms with E-state index >= 15 is 0 Å². The number of benzene rings is 1. The number of nitrogens with two attached hydrogens (primary N) is 1. The summed E-state index contributed by atoms with van der Waals surface area (Å²) in [5.41, 5.74) is 6.60. The van der Waals surface area contributed by atoms with Crippen LogP contribution in [0.3, 0.4) is 0 Å². The van der Waals surface area contributed by atoms with Crippen molar-refractivity contribution in [3.8, 4) is 0 Å². The molecule has 1 aromatic carbocycles. The predicted octanol–water partition coefficient (Wildman–Crippen LogP) is 2.68. The summed E-state index contributed by atoms with van der Waals surface area (Å²) in [6.45, 7) is 0. The van der Waals surface area contributed by atoms with E-state index in [0.717, 1.165) is 5.56 Å². The van der Waals surface area contributed by atoms with Crippen LogP contribution in [0.2, 0.25) is 0 Å². The standard InChI is InChI=1S/C12H15BrFNO/c13-11-9(2-1-3-10(11)14)12(15)6-4-8(16)5-7-12/h1-3,8,16H,4-7,15H2. The minimum Gasteiger partial charge on any atom is -0.393 e. The zero-order valence-electron chi connectivity index (χ0n) is 8.92. The highest BCUT2D eigenvalue weighted by Crippen LogP contribution is 2.38. The van der Waals surface area contributed by atoms with Crippen molar-refractivity contribution in [2.75, 3.05) is 0 Å². The maximum absolute atomic E-state index is 13.4. The van der Waals surface area contributed by atoms with Crippen molar-refractivity contribution in [2.45, 2.75) is 37.3 Å². The highest BCUT2D eigenvalue weighted by Gasteiger charge is 2.34. The Balaban J connectivity index is 2.32. The quantitative estimate of drug-likeness (QED) is 0.834. The predicted molar refractivity (Wildman–Crippen MR) is 64.4 cm³/mol. The third-order valence-electron chi connectivity index (χ3n) is 3.34. The molecule has 0 aromatic heterocycles. The fourth-order valence-electron chi connectivity index (χ4n) is 2.28. The minimum atomic E-state index is -0.514. The Kier molecular flexibility index (Phi) is 3.33. The molecule has 0 spiro atoms. The normalized spacial score (nSPS) is 30.4. The second kappa shape index (κ2) is 4.43. The lowest BCUT2D eigenvalue weighted by Gasteiger charge is -2.36. The zero-order valence-corrected chi connectivity index (χ0v) is 10.5. The van der Waals surface area contributed by atoms with Crippen molar-refractivity contribution in [3.63, 3.8) is 0 Å². The Morgan fingerprint density at radius 2 is 2.00 bits per heavy atom. The van der Waals surface area contributed by atoms with E-state index in [1.165, 1.54) is 6.07 Å². The van der Waals surface area contributed by atoms with E-state index in [0.29, 0.717) is 30.2 Å². The molecule has 0 amide bonds. The number of halogens is 2. The Bertz CT molecular complexity index is 389. The van der Waals surface area contributed by atoms with E-state index < -0.39 is 5.54 Å². The van der Waals surface area contributed by atoms with E-state index in [1.54, 1.807) is 6.07 Å². The average Bonchev–Trinajstić information content (AvgIpc) is 2.27. The third-order valence-corrected chi connectivity index (χ3v) is 4.14. The van der Waals surface area contributed by atoms with Gasteiger partial charge in [-0.1, -0.05) is 12.1 Å². The fourth-order valence-corrected chi connectivity index (χ4v) is 2.93. The summed E-state index contributed by atoms with van der Waals surface area (Å²) in [4.78, 5) is 0. The molecule has 0 radical (unpaired) electrons. The molecule has 0 aliphatic heterocycles. The number of hydrogen-bond donors (Lipinski definition) is 2. The molecule has 0 bridgehead atoms. The van der Waals surface area contributed by atoms with Gasteiger partial charge < -0.3 is 10.8 Å². The highest BCUT2D eigenvalue weighted by molar-refractivity contribution is 9.10. The van der Waals surface area contributed by atoms with Crippen LogP contribution in [-0.2, 0) is 5.54 Å². The van der Waals surface area contributed by atoms with Crippen molar-refractivity contribution < 1.29 is 9.50 Å². The van der Waals surface area contributed by atoms with Crippen LogP contribution in [0.15, 0.2) is 22.7 Å². The van der Waals surface area contributed by atoms with Crippen molar-refractivity contribution in [2.24, 2.45) is 5.73 Å². The van der Waals surface area contributed by atoms with Crippen LogP contribution < -0.4 is 5.73 Å². The highest BCUT2D eigenvalue weighted by atomic mass is 79.9. The fraction of sp³-hybridized carbons (Fsp3) is 0.500. The first kappa shape index (κ1) is 12.0. The molecular formula is C12H15BrFNO. The van der Waals surface area contributed by atoms with E-state index in [4.69, 9.17) is 5.73 Å². The molecule has 1 saturated carbocycles. The van der Waals surface area contributed by atoms with Gasteiger partial charge in [-0.25, -0.2) is 4.39 Å². The second-order valence-corrected chi connectivity index (χ2v) is 5.28. The molecule has 1 aliphatic rings. The van der Waals surface area contributed by atoms with Crippen LogP contribution in [0.1, 0.15) is 31.2 Å². The van der Waals surface area contributed by atoms with Crippen molar-refractivity contribution in [1.29, 1.82) is 0 Å². The van der Waals surface area contributed by atoms with Crippen LogP contribution in [-0.4, -0.2) is 11.2 Å². The van der Waals surface area contributed by atoms with Crippen LogP contribution in [0.5, 0.6) is 0 Å². The third kappa shape index (κ3) is 2.14. The van der Waals surface area contributed by atoms with Gasteiger partial charge in [-0.15, -0.1) is 0 Å². The van der Waals surface area contributed by atoms with Gasteiger partial charge in [-0.2, -0.15) is 0 Å². The molecule has 88 valence electrons. The summed E-state index contributed by atoms with van der Waals surface area (Å²) in [7, 11) is 0. The molecule has 1 aromatic rings. The van der Waals surface area contributed by atoms with Crippen LogP contribution in [0.4, 0.5) is 4.39 Å². The monoisotopic (exact) mass is 287 g/mol. The summed E-state index contributed by atoms with van der Waals surface area (Å²) >= 11 is 3.25. The molecule has 1 aliphatic carbocycles. The zero-order chi connectivity index (χ0) is 11.8. The lowest BCUT2D eigenvalue weighted by molar-refractivity contribution is 0.0966. The SMILES string of the molecule is NC1(c2cccc(F)c2Br)CCC(O)CC1. The van der Waals surface area contributed by atoms with Crippen molar-refractivity contribution in [1.82, 2.24) is 0 Å². The van der Waals surface area contributed by atoms with Gasteiger partial charge in [0.15, 0.2) is 0 Å². The van der Waals surface area contributed by atoms with E-state index in [1.807, 2.05) is 6.07 Å². The van der Waals surface area contributed by atoms with Gasteiger partial charge in [0.05, 0.1) is 10.6 Å². The van der Waals surface area contributed by atoms with E-state index in [-0.39, 0.29) is 11.9 Å². The van der Waals surface area contributed by atoms with Gasteiger partial charge in [0.2, 0.25) is 0 Å². The van der Waals surface area contributed by atoms with Crippen molar-refractivity contribution >= 4 is 15.9 Å². The largest absolute Gasteiger partial charge is 0.393 e. The molecule has 16 heavy (non-hydrogen) atoms. The van der Waals surface area contributed by atoms with Gasteiger partial charge in [0, 0.05) is 5.54 Å². The number of aliphatic hydroxyl groups excluding tert-OH is 1. The first-order valence-corrected chi connectivity index (χ1v) is 6.24. The van der Waals surface area contributed by atoms with Crippen LogP contribution in [0, 0.1) is 5.82 Å². The molecule has 3 N–H and O–H groups in total. The molecule has 1 fully saturated rings. The van der Waals surface area contributed by atoms with Gasteiger partial charge in [-0.05, 0) is 53.2 Å². The summed E-state index contributed by atoms with van der Waals surface area (Å²) in [5.74, 6) is -0.284.